The second kappa shape index (κ2) is 7.26. The molecule has 0 bridgehead atoms. The number of hydrogen-bond donors (Lipinski definition) is 2. The quantitative estimate of drug-likeness (QED) is 0.649. The van der Waals surface area contributed by atoms with Crippen molar-refractivity contribution in [2.24, 2.45) is 0 Å². The van der Waals surface area contributed by atoms with Gasteiger partial charge in [-0.3, -0.25) is 14.9 Å². The molecule has 2 heterocycles. The zero-order valence-electron chi connectivity index (χ0n) is 15.1. The Bertz CT molecular complexity index is 1100. The van der Waals surface area contributed by atoms with Crippen LogP contribution < -0.4 is 15.4 Å². The highest BCUT2D eigenvalue weighted by atomic mass is 35.5. The van der Waals surface area contributed by atoms with Gasteiger partial charge in [-0.05, 0) is 44.2 Å². The maximum atomic E-state index is 12.5. The summed E-state index contributed by atoms with van der Waals surface area (Å²) in [6, 6.07) is 12.4. The molecule has 0 saturated carbocycles. The van der Waals surface area contributed by atoms with Gasteiger partial charge in [-0.25, -0.2) is 4.98 Å². The van der Waals surface area contributed by atoms with Crippen LogP contribution >= 0.6 is 22.9 Å². The first kappa shape index (κ1) is 18.5. The molecule has 0 radical (unpaired) electrons. The number of carbonyl (C=O) groups excluding carboxylic acids is 2. The Balaban J connectivity index is 1.60. The molecule has 1 aliphatic heterocycles. The smallest absolute Gasteiger partial charge is 0.265 e. The average Bonchev–Trinajstić information content (AvgIpc) is 3.02. The molecule has 28 heavy (non-hydrogen) atoms. The van der Waals surface area contributed by atoms with Crippen molar-refractivity contribution in [1.82, 2.24) is 4.98 Å². The van der Waals surface area contributed by atoms with Crippen LogP contribution in [0.5, 0.6) is 5.75 Å². The summed E-state index contributed by atoms with van der Waals surface area (Å²) >= 11 is 7.45. The number of hydrogen-bond acceptors (Lipinski definition) is 5. The van der Waals surface area contributed by atoms with E-state index >= 15 is 0 Å². The minimum Gasteiger partial charge on any atom is -0.479 e. The number of fused-ring (bicyclic) bond motifs is 1. The molecule has 1 atom stereocenters. The average molecular weight is 414 g/mol. The molecule has 2 aromatic carbocycles. The predicted molar refractivity (Wildman–Crippen MR) is 110 cm³/mol. The van der Waals surface area contributed by atoms with Crippen molar-refractivity contribution in [2.75, 3.05) is 10.6 Å². The summed E-state index contributed by atoms with van der Waals surface area (Å²) in [6.07, 6.45) is -0.522. The van der Waals surface area contributed by atoms with Crippen LogP contribution in [0.4, 0.5) is 10.8 Å². The van der Waals surface area contributed by atoms with Crippen molar-refractivity contribution in [3.63, 3.8) is 0 Å². The van der Waals surface area contributed by atoms with E-state index in [-0.39, 0.29) is 11.8 Å². The molecule has 0 fully saturated rings. The van der Waals surface area contributed by atoms with Crippen molar-refractivity contribution < 1.29 is 14.3 Å². The van der Waals surface area contributed by atoms with E-state index in [0.29, 0.717) is 27.2 Å². The lowest BCUT2D eigenvalue weighted by atomic mass is 10.1. The van der Waals surface area contributed by atoms with Crippen molar-refractivity contribution in [3.05, 3.63) is 57.9 Å². The number of amides is 2. The van der Waals surface area contributed by atoms with Gasteiger partial charge in [-0.15, -0.1) is 11.3 Å². The molecular formula is C20H16ClN3O3S. The third-order valence-electron chi connectivity index (χ3n) is 4.32. The number of aryl methyl sites for hydroxylation is 1. The Morgan fingerprint density at radius 2 is 2.07 bits per heavy atom. The summed E-state index contributed by atoms with van der Waals surface area (Å²) < 4.78 is 5.58. The second-order valence-corrected chi connectivity index (χ2v) is 7.93. The van der Waals surface area contributed by atoms with Gasteiger partial charge in [0, 0.05) is 10.4 Å². The van der Waals surface area contributed by atoms with Gasteiger partial charge in [0.05, 0.1) is 22.0 Å². The molecule has 3 aromatic rings. The fourth-order valence-corrected chi connectivity index (χ4v) is 3.94. The van der Waals surface area contributed by atoms with Crippen LogP contribution in [0.1, 0.15) is 22.2 Å². The van der Waals surface area contributed by atoms with Crippen LogP contribution in [0.15, 0.2) is 42.5 Å². The maximum absolute atomic E-state index is 12.5. The number of carbonyl (C=O) groups is 2. The van der Waals surface area contributed by atoms with Crippen molar-refractivity contribution in [2.45, 2.75) is 20.0 Å². The van der Waals surface area contributed by atoms with Crippen LogP contribution in [-0.2, 0) is 4.79 Å². The van der Waals surface area contributed by atoms with Gasteiger partial charge in [0.15, 0.2) is 11.2 Å². The lowest BCUT2D eigenvalue weighted by molar-refractivity contribution is -0.122. The molecule has 0 spiro atoms. The third kappa shape index (κ3) is 3.46. The largest absolute Gasteiger partial charge is 0.479 e. The Labute approximate surface area is 170 Å². The summed E-state index contributed by atoms with van der Waals surface area (Å²) in [5, 5.41) is 6.49. The van der Waals surface area contributed by atoms with Gasteiger partial charge < -0.3 is 10.1 Å². The first-order valence-electron chi connectivity index (χ1n) is 8.57. The van der Waals surface area contributed by atoms with Gasteiger partial charge in [-0.1, -0.05) is 23.7 Å². The van der Waals surface area contributed by atoms with Gasteiger partial charge >= 0.3 is 0 Å². The summed E-state index contributed by atoms with van der Waals surface area (Å²) in [5.41, 5.74) is 2.55. The minimum absolute atomic E-state index is 0.188. The molecule has 2 amide bonds. The number of aromatic nitrogens is 1. The molecule has 0 aliphatic carbocycles. The number of benzene rings is 2. The summed E-state index contributed by atoms with van der Waals surface area (Å²) in [5.74, 6) is 0.120. The van der Waals surface area contributed by atoms with E-state index in [1.54, 1.807) is 37.3 Å². The van der Waals surface area contributed by atoms with E-state index in [1.165, 1.54) is 11.3 Å². The molecule has 8 heteroatoms. The molecule has 142 valence electrons. The maximum Gasteiger partial charge on any atom is 0.265 e. The molecule has 1 aromatic heterocycles. The van der Waals surface area contributed by atoms with Crippen LogP contribution in [0.2, 0.25) is 5.02 Å². The molecule has 0 unspecified atom stereocenters. The number of thiazole rings is 1. The van der Waals surface area contributed by atoms with Gasteiger partial charge in [0.25, 0.3) is 11.8 Å². The van der Waals surface area contributed by atoms with Crippen molar-refractivity contribution in [3.8, 4) is 17.0 Å². The zero-order chi connectivity index (χ0) is 19.8. The van der Waals surface area contributed by atoms with Crippen LogP contribution in [0, 0.1) is 6.92 Å². The number of nitrogens with zero attached hydrogens (tertiary/aromatic N) is 1. The first-order chi connectivity index (χ1) is 13.4. The zero-order valence-corrected chi connectivity index (χ0v) is 16.6. The monoisotopic (exact) mass is 413 g/mol. The van der Waals surface area contributed by atoms with Gasteiger partial charge in [0.2, 0.25) is 0 Å². The highest BCUT2D eigenvalue weighted by Gasteiger charge is 2.24. The van der Waals surface area contributed by atoms with Crippen molar-refractivity contribution in [1.29, 1.82) is 0 Å². The fourth-order valence-electron chi connectivity index (χ4n) is 2.88. The lowest BCUT2D eigenvalue weighted by Gasteiger charge is -2.23. The minimum atomic E-state index is -0.522. The molecular weight excluding hydrogens is 398 g/mol. The van der Waals surface area contributed by atoms with Crippen molar-refractivity contribution >= 4 is 45.6 Å². The van der Waals surface area contributed by atoms with E-state index in [9.17, 15) is 9.59 Å². The number of rotatable bonds is 3. The van der Waals surface area contributed by atoms with Gasteiger partial charge in [0.1, 0.15) is 5.75 Å². The van der Waals surface area contributed by atoms with E-state index in [1.807, 2.05) is 19.1 Å². The van der Waals surface area contributed by atoms with Crippen LogP contribution in [0.25, 0.3) is 11.3 Å². The molecule has 4 rings (SSSR count). The Morgan fingerprint density at radius 1 is 1.29 bits per heavy atom. The Hall–Kier alpha value is -2.90. The summed E-state index contributed by atoms with van der Waals surface area (Å²) in [7, 11) is 0. The Kier molecular flexibility index (Phi) is 4.78. The topological polar surface area (TPSA) is 80.3 Å². The number of halogens is 1. The molecule has 6 nitrogen and oxygen atoms in total. The van der Waals surface area contributed by atoms with E-state index in [4.69, 9.17) is 16.3 Å². The first-order valence-corrected chi connectivity index (χ1v) is 9.77. The Morgan fingerprint density at radius 3 is 2.86 bits per heavy atom. The standard InChI is InChI=1S/C20H16ClN3O3S/c1-10-18(25)22-15-9-12(7-8-16(15)27-10)17-11(2)28-20(23-17)24-19(26)13-5-3-4-6-14(13)21/h3-10H,1-2H3,(H,22,25)(H,23,24,26)/t10-/m0/s1. The van der Waals surface area contributed by atoms with Gasteiger partial charge in [-0.2, -0.15) is 0 Å². The molecule has 2 N–H and O–H groups in total. The van der Waals surface area contributed by atoms with E-state index in [0.717, 1.165) is 16.1 Å². The SMILES string of the molecule is Cc1sc(NC(=O)c2ccccc2Cl)nc1-c1ccc2c(c1)NC(=O)[C@H](C)O2. The third-order valence-corrected chi connectivity index (χ3v) is 5.54. The number of nitrogens with one attached hydrogen (secondary N) is 2. The highest BCUT2D eigenvalue weighted by molar-refractivity contribution is 7.16. The summed E-state index contributed by atoms with van der Waals surface area (Å²) in [4.78, 5) is 29.8. The molecule has 1 aliphatic rings. The number of anilines is 2. The predicted octanol–water partition coefficient (Wildman–Crippen LogP) is 4.74. The lowest BCUT2D eigenvalue weighted by Crippen LogP contribution is -2.34. The van der Waals surface area contributed by atoms with Crippen LogP contribution in [-0.4, -0.2) is 22.9 Å². The fraction of sp³-hybridized carbons (Fsp3) is 0.150. The number of ether oxygens (including phenoxy) is 1. The molecule has 0 saturated heterocycles. The highest BCUT2D eigenvalue weighted by Crippen LogP contribution is 2.37. The summed E-state index contributed by atoms with van der Waals surface area (Å²) in [6.45, 7) is 3.62. The second-order valence-electron chi connectivity index (χ2n) is 6.32. The van der Waals surface area contributed by atoms with E-state index < -0.39 is 6.10 Å². The normalized spacial score (nSPS) is 15.4. The van der Waals surface area contributed by atoms with Crippen LogP contribution in [0.3, 0.4) is 0 Å². The van der Waals surface area contributed by atoms with E-state index in [2.05, 4.69) is 15.6 Å².